The van der Waals surface area contributed by atoms with Crippen molar-refractivity contribution in [3.8, 4) is 5.75 Å². The first-order valence-corrected chi connectivity index (χ1v) is 10.5. The molecular weight excluding hydrogens is 370 g/mol. The Morgan fingerprint density at radius 2 is 1.93 bits per heavy atom. The smallest absolute Gasteiger partial charge is 0.123 e. The molecule has 1 aliphatic heterocycles. The molecule has 1 unspecified atom stereocenters. The van der Waals surface area contributed by atoms with E-state index in [1.165, 1.54) is 38.7 Å². The van der Waals surface area contributed by atoms with Crippen molar-refractivity contribution in [2.75, 3.05) is 0 Å². The highest BCUT2D eigenvalue weighted by molar-refractivity contribution is 5.87. The first kappa shape index (κ1) is 17.3. The van der Waals surface area contributed by atoms with E-state index in [0.717, 1.165) is 35.9 Å². The molecule has 0 bridgehead atoms. The van der Waals surface area contributed by atoms with Crippen molar-refractivity contribution < 1.29 is 4.74 Å². The van der Waals surface area contributed by atoms with Gasteiger partial charge in [0.05, 0.1) is 11.7 Å². The van der Waals surface area contributed by atoms with Crippen LogP contribution in [0.2, 0.25) is 0 Å². The number of para-hydroxylation sites is 1. The summed E-state index contributed by atoms with van der Waals surface area (Å²) in [5.74, 6) is 1.04. The van der Waals surface area contributed by atoms with Gasteiger partial charge in [0.2, 0.25) is 0 Å². The summed E-state index contributed by atoms with van der Waals surface area (Å²) < 4.78 is 6.23. The Labute approximate surface area is 174 Å². The molecule has 1 atom stereocenters. The van der Waals surface area contributed by atoms with Crippen LogP contribution in [0.5, 0.6) is 5.75 Å². The normalized spacial score (nSPS) is 15.6. The van der Waals surface area contributed by atoms with E-state index in [2.05, 4.69) is 76.7 Å². The largest absolute Gasteiger partial charge is 0.489 e. The van der Waals surface area contributed by atoms with Crippen molar-refractivity contribution in [1.82, 2.24) is 15.2 Å². The van der Waals surface area contributed by atoms with Crippen LogP contribution < -0.4 is 4.74 Å². The Bertz CT molecular complexity index is 1380. The molecule has 4 heteroatoms. The van der Waals surface area contributed by atoms with Crippen LogP contribution in [0.25, 0.3) is 21.8 Å². The summed E-state index contributed by atoms with van der Waals surface area (Å²) in [7, 11) is 0. The van der Waals surface area contributed by atoms with Crippen LogP contribution in [0, 0.1) is 6.92 Å². The summed E-state index contributed by atoms with van der Waals surface area (Å²) in [4.78, 5) is 3.48. The molecule has 4 nitrogen and oxygen atoms in total. The quantitative estimate of drug-likeness (QED) is 0.424. The molecule has 3 heterocycles. The number of benzene rings is 3. The van der Waals surface area contributed by atoms with Crippen molar-refractivity contribution in [3.63, 3.8) is 0 Å². The third kappa shape index (κ3) is 2.88. The first-order valence-electron chi connectivity index (χ1n) is 10.5. The number of hydrogen-bond acceptors (Lipinski definition) is 2. The predicted molar refractivity (Wildman–Crippen MR) is 120 cm³/mol. The van der Waals surface area contributed by atoms with Crippen LogP contribution in [0.1, 0.15) is 27.8 Å². The van der Waals surface area contributed by atoms with Crippen LogP contribution in [0.15, 0.2) is 67.0 Å². The molecule has 3 aromatic carbocycles. The number of aromatic amines is 2. The van der Waals surface area contributed by atoms with E-state index >= 15 is 0 Å². The summed E-state index contributed by atoms with van der Waals surface area (Å²) in [5, 5.41) is 9.80. The Balaban J connectivity index is 1.30. The molecule has 0 aliphatic carbocycles. The third-order valence-electron chi connectivity index (χ3n) is 6.25. The van der Waals surface area contributed by atoms with Crippen molar-refractivity contribution in [1.29, 1.82) is 0 Å². The summed E-state index contributed by atoms with van der Waals surface area (Å²) >= 11 is 0. The van der Waals surface area contributed by atoms with E-state index < -0.39 is 0 Å². The maximum absolute atomic E-state index is 6.23. The minimum atomic E-state index is 0.192. The highest BCUT2D eigenvalue weighted by Crippen LogP contribution is 2.33. The topological polar surface area (TPSA) is 53.7 Å². The van der Waals surface area contributed by atoms with Crippen LogP contribution in [0.4, 0.5) is 0 Å². The van der Waals surface area contributed by atoms with Gasteiger partial charge in [-0.2, -0.15) is 5.10 Å². The minimum absolute atomic E-state index is 0.192. The molecule has 2 aromatic heterocycles. The van der Waals surface area contributed by atoms with E-state index in [9.17, 15) is 0 Å². The highest BCUT2D eigenvalue weighted by Gasteiger charge is 2.24. The van der Waals surface area contributed by atoms with Crippen molar-refractivity contribution in [2.45, 2.75) is 32.3 Å². The molecule has 0 spiro atoms. The fourth-order valence-corrected chi connectivity index (χ4v) is 4.79. The summed E-state index contributed by atoms with van der Waals surface area (Å²) in [6, 6.07) is 19.6. The zero-order valence-corrected chi connectivity index (χ0v) is 16.9. The van der Waals surface area contributed by atoms with Gasteiger partial charge in [-0.3, -0.25) is 5.10 Å². The van der Waals surface area contributed by atoms with Gasteiger partial charge >= 0.3 is 0 Å². The molecule has 5 aromatic rings. The van der Waals surface area contributed by atoms with E-state index in [0.29, 0.717) is 0 Å². The van der Waals surface area contributed by atoms with E-state index in [1.54, 1.807) is 0 Å². The van der Waals surface area contributed by atoms with Gasteiger partial charge in [0.15, 0.2) is 0 Å². The standard InChI is InChI=1S/C26H23N3O/c1-16-5-8-24-21(11-16)14-22(30-24)13-19-7-6-17(23-9-10-27-26(19)23)12-18-3-2-4-20-15-28-29-25(18)20/h2-11,15,22,27H,12-14H2,1H3,(H,28,29). The lowest BCUT2D eigenvalue weighted by molar-refractivity contribution is 0.233. The third-order valence-corrected chi connectivity index (χ3v) is 6.25. The number of ether oxygens (including phenoxy) is 1. The summed E-state index contributed by atoms with van der Waals surface area (Å²) in [5.41, 5.74) is 8.87. The fourth-order valence-electron chi connectivity index (χ4n) is 4.79. The average molecular weight is 393 g/mol. The Hall–Kier alpha value is -3.53. The summed E-state index contributed by atoms with van der Waals surface area (Å²) in [6.45, 7) is 2.14. The Morgan fingerprint density at radius 3 is 2.90 bits per heavy atom. The first-order chi connectivity index (χ1) is 14.7. The zero-order valence-electron chi connectivity index (χ0n) is 16.9. The molecular formula is C26H23N3O. The Morgan fingerprint density at radius 1 is 1.00 bits per heavy atom. The molecule has 2 N–H and O–H groups in total. The minimum Gasteiger partial charge on any atom is -0.489 e. The number of nitrogens with one attached hydrogen (secondary N) is 2. The molecule has 0 radical (unpaired) electrons. The number of aromatic nitrogens is 3. The molecule has 1 aliphatic rings. The SMILES string of the molecule is Cc1ccc2c(c1)CC(Cc1ccc(Cc3cccc4cn[nH]c34)c3cc[nH]c13)O2. The van der Waals surface area contributed by atoms with Gasteiger partial charge in [-0.25, -0.2) is 0 Å². The number of aryl methyl sites for hydroxylation is 1. The molecule has 0 saturated heterocycles. The highest BCUT2D eigenvalue weighted by atomic mass is 16.5. The van der Waals surface area contributed by atoms with Gasteiger partial charge in [-0.05, 0) is 41.3 Å². The van der Waals surface area contributed by atoms with Crippen LogP contribution in [0.3, 0.4) is 0 Å². The monoisotopic (exact) mass is 393 g/mol. The van der Waals surface area contributed by atoms with Crippen LogP contribution in [-0.4, -0.2) is 21.3 Å². The van der Waals surface area contributed by atoms with E-state index in [4.69, 9.17) is 4.74 Å². The number of rotatable bonds is 4. The number of fused-ring (bicyclic) bond motifs is 3. The van der Waals surface area contributed by atoms with Gasteiger partial charge in [0.25, 0.3) is 0 Å². The molecule has 0 amide bonds. The second kappa shape index (κ2) is 6.77. The molecule has 0 saturated carbocycles. The van der Waals surface area contributed by atoms with Crippen LogP contribution in [-0.2, 0) is 19.3 Å². The maximum atomic E-state index is 6.23. The average Bonchev–Trinajstić information content (AvgIpc) is 3.48. The lowest BCUT2D eigenvalue weighted by Gasteiger charge is -2.13. The maximum Gasteiger partial charge on any atom is 0.123 e. The van der Waals surface area contributed by atoms with Crippen molar-refractivity contribution >= 4 is 21.8 Å². The second-order valence-corrected chi connectivity index (χ2v) is 8.34. The van der Waals surface area contributed by atoms with Crippen LogP contribution >= 0.6 is 0 Å². The zero-order chi connectivity index (χ0) is 20.1. The summed E-state index contributed by atoms with van der Waals surface area (Å²) in [6.07, 6.45) is 6.87. The van der Waals surface area contributed by atoms with Gasteiger partial charge in [-0.1, -0.05) is 48.0 Å². The predicted octanol–water partition coefficient (Wildman–Crippen LogP) is 5.49. The fraction of sp³-hybridized carbons (Fsp3) is 0.192. The van der Waals surface area contributed by atoms with Crippen molar-refractivity contribution in [3.05, 3.63) is 94.8 Å². The molecule has 30 heavy (non-hydrogen) atoms. The number of nitrogens with zero attached hydrogens (tertiary/aromatic N) is 1. The van der Waals surface area contributed by atoms with Gasteiger partial charge < -0.3 is 9.72 Å². The van der Waals surface area contributed by atoms with E-state index in [1.807, 2.05) is 12.4 Å². The second-order valence-electron chi connectivity index (χ2n) is 8.34. The van der Waals surface area contributed by atoms with E-state index in [-0.39, 0.29) is 6.10 Å². The molecule has 0 fully saturated rings. The van der Waals surface area contributed by atoms with Crippen molar-refractivity contribution in [2.24, 2.45) is 0 Å². The van der Waals surface area contributed by atoms with Gasteiger partial charge in [0.1, 0.15) is 11.9 Å². The lowest BCUT2D eigenvalue weighted by atomic mass is 9.95. The molecule has 6 rings (SSSR count). The Kier molecular flexibility index (Phi) is 3.91. The molecule has 148 valence electrons. The lowest BCUT2D eigenvalue weighted by Crippen LogP contribution is -2.16. The van der Waals surface area contributed by atoms with Gasteiger partial charge in [-0.15, -0.1) is 0 Å². The number of H-pyrrole nitrogens is 2. The van der Waals surface area contributed by atoms with Gasteiger partial charge in [0, 0.05) is 41.7 Å². The number of hydrogen-bond donors (Lipinski definition) is 2.